The van der Waals surface area contributed by atoms with E-state index in [0.29, 0.717) is 17.7 Å². The number of aromatic nitrogens is 5. The minimum Gasteiger partial charge on any atom is -0.277 e. The summed E-state index contributed by atoms with van der Waals surface area (Å²) in [5, 5.41) is 4.71. The van der Waals surface area contributed by atoms with Gasteiger partial charge in [0.2, 0.25) is 11.9 Å². The van der Waals surface area contributed by atoms with E-state index in [1.165, 1.54) is 63.7 Å². The standard InChI is InChI=1S/C73H71N5S/c1-70(2,3)51-44-59-57-38-22-24-40-63(57)77(65(59)61(46-51)72(7,8)9)68-74-67(75-69(76-68)78-64-41-25-23-39-58(64)60-45-52(71(4,5)6)47-62(66(60)78)73(10,11)12)50-31-27-37-56(43-50)79(53-32-18-14-19-33-53,54-34-20-15-21-35-54)55-36-26-30-49(42-55)48-28-16-13-17-29-48/h13-47H,1-12H3. The lowest BCUT2D eigenvalue weighted by atomic mass is 9.79. The topological polar surface area (TPSA) is 48.5 Å². The van der Waals surface area contributed by atoms with E-state index in [4.69, 9.17) is 15.0 Å². The van der Waals surface area contributed by atoms with Gasteiger partial charge in [0, 0.05) is 46.7 Å². The van der Waals surface area contributed by atoms with E-state index < -0.39 is 10.0 Å². The van der Waals surface area contributed by atoms with Gasteiger partial charge in [-0.3, -0.25) is 9.13 Å². The van der Waals surface area contributed by atoms with Gasteiger partial charge in [-0.05, 0) is 128 Å². The Kier molecular flexibility index (Phi) is 12.5. The van der Waals surface area contributed by atoms with Crippen molar-refractivity contribution in [2.75, 3.05) is 0 Å². The average Bonchev–Trinajstić information content (AvgIpc) is 4.06. The Labute approximate surface area is 468 Å². The summed E-state index contributed by atoms with van der Waals surface area (Å²) in [6.45, 7) is 27.8. The number of para-hydroxylation sites is 2. The lowest BCUT2D eigenvalue weighted by Crippen LogP contribution is -2.19. The van der Waals surface area contributed by atoms with Crippen molar-refractivity contribution in [2.24, 2.45) is 0 Å². The molecule has 0 aliphatic carbocycles. The number of benzene rings is 9. The summed E-state index contributed by atoms with van der Waals surface area (Å²) in [6.07, 6.45) is 0. The van der Waals surface area contributed by atoms with Crippen LogP contribution < -0.4 is 0 Å². The largest absolute Gasteiger partial charge is 0.277 e. The maximum atomic E-state index is 5.79. The van der Waals surface area contributed by atoms with E-state index in [0.717, 1.165) is 38.4 Å². The molecule has 79 heavy (non-hydrogen) atoms. The van der Waals surface area contributed by atoms with E-state index in [2.05, 4.69) is 305 Å². The molecule has 0 saturated carbocycles. The highest BCUT2D eigenvalue weighted by Gasteiger charge is 2.35. The molecule has 394 valence electrons. The normalized spacial score (nSPS) is 13.0. The van der Waals surface area contributed by atoms with Crippen LogP contribution in [0.15, 0.2) is 232 Å². The van der Waals surface area contributed by atoms with E-state index in [-0.39, 0.29) is 21.7 Å². The second-order valence-electron chi connectivity index (χ2n) is 25.5. The summed E-state index contributed by atoms with van der Waals surface area (Å²) in [7, 11) is -2.15. The summed E-state index contributed by atoms with van der Waals surface area (Å²) in [5.41, 5.74) is 12.1. The molecular formula is C73H71N5S. The van der Waals surface area contributed by atoms with Crippen LogP contribution in [0, 0.1) is 0 Å². The molecule has 0 N–H and O–H groups in total. The van der Waals surface area contributed by atoms with Gasteiger partial charge in [-0.2, -0.15) is 15.0 Å². The molecule has 0 bridgehead atoms. The van der Waals surface area contributed by atoms with Crippen molar-refractivity contribution in [1.82, 2.24) is 24.1 Å². The predicted molar refractivity (Wildman–Crippen MR) is 334 cm³/mol. The number of fused-ring (bicyclic) bond motifs is 6. The fraction of sp³-hybridized carbons (Fsp3) is 0.219. The first-order valence-corrected chi connectivity index (χ1v) is 29.5. The molecule has 3 aromatic heterocycles. The highest BCUT2D eigenvalue weighted by atomic mass is 32.3. The van der Waals surface area contributed by atoms with Gasteiger partial charge < -0.3 is 0 Å². The van der Waals surface area contributed by atoms with Gasteiger partial charge >= 0.3 is 0 Å². The van der Waals surface area contributed by atoms with Crippen LogP contribution in [0.3, 0.4) is 0 Å². The minimum atomic E-state index is -2.15. The molecule has 0 unspecified atom stereocenters. The van der Waals surface area contributed by atoms with Crippen LogP contribution in [-0.2, 0) is 21.7 Å². The van der Waals surface area contributed by atoms with Crippen molar-refractivity contribution in [1.29, 1.82) is 0 Å². The van der Waals surface area contributed by atoms with Crippen molar-refractivity contribution >= 4 is 53.6 Å². The van der Waals surface area contributed by atoms with Crippen molar-refractivity contribution in [3.8, 4) is 34.4 Å². The first-order valence-electron chi connectivity index (χ1n) is 27.8. The Morgan fingerprint density at radius 2 is 0.671 bits per heavy atom. The summed E-state index contributed by atoms with van der Waals surface area (Å²) in [4.78, 5) is 22.2. The second kappa shape index (κ2) is 19.1. The summed E-state index contributed by atoms with van der Waals surface area (Å²) in [6, 6.07) is 78.5. The van der Waals surface area contributed by atoms with Crippen molar-refractivity contribution in [3.05, 3.63) is 235 Å². The van der Waals surface area contributed by atoms with Crippen LogP contribution in [0.4, 0.5) is 0 Å². The zero-order chi connectivity index (χ0) is 55.2. The predicted octanol–water partition coefficient (Wildman–Crippen LogP) is 19.9. The van der Waals surface area contributed by atoms with Crippen LogP contribution in [0.25, 0.3) is 78.0 Å². The molecule has 0 saturated heterocycles. The van der Waals surface area contributed by atoms with Gasteiger partial charge in [0.15, 0.2) is 5.82 Å². The minimum absolute atomic E-state index is 0.0797. The van der Waals surface area contributed by atoms with E-state index in [1.807, 2.05) is 0 Å². The van der Waals surface area contributed by atoms with Gasteiger partial charge in [0.25, 0.3) is 0 Å². The van der Waals surface area contributed by atoms with Crippen LogP contribution in [0.1, 0.15) is 105 Å². The Hall–Kier alpha value is -8.06. The molecular weight excluding hydrogens is 979 g/mol. The van der Waals surface area contributed by atoms with E-state index in [9.17, 15) is 0 Å². The smallest absolute Gasteiger partial charge is 0.240 e. The van der Waals surface area contributed by atoms with Crippen LogP contribution >= 0.6 is 10.0 Å². The van der Waals surface area contributed by atoms with Gasteiger partial charge in [-0.15, -0.1) is 10.0 Å². The summed E-state index contributed by atoms with van der Waals surface area (Å²) in [5.74, 6) is 1.74. The van der Waals surface area contributed by atoms with E-state index in [1.54, 1.807) is 0 Å². The number of hydrogen-bond donors (Lipinski definition) is 0. The molecule has 5 nitrogen and oxygen atoms in total. The Balaban J connectivity index is 1.22. The lowest BCUT2D eigenvalue weighted by Gasteiger charge is -2.42. The monoisotopic (exact) mass is 1050 g/mol. The van der Waals surface area contributed by atoms with Gasteiger partial charge in [-0.25, -0.2) is 0 Å². The third-order valence-corrected chi connectivity index (χ3v) is 19.7. The highest BCUT2D eigenvalue weighted by molar-refractivity contribution is 8.34. The average molecular weight is 1050 g/mol. The van der Waals surface area contributed by atoms with Crippen molar-refractivity contribution in [2.45, 2.75) is 124 Å². The second-order valence-corrected chi connectivity index (χ2v) is 28.6. The molecule has 3 heterocycles. The third-order valence-electron chi connectivity index (χ3n) is 15.8. The molecule has 12 rings (SSSR count). The van der Waals surface area contributed by atoms with Crippen LogP contribution in [-0.4, -0.2) is 24.1 Å². The van der Waals surface area contributed by atoms with Crippen LogP contribution in [0.2, 0.25) is 0 Å². The quantitative estimate of drug-likeness (QED) is 0.152. The van der Waals surface area contributed by atoms with Gasteiger partial charge in [-0.1, -0.05) is 223 Å². The molecule has 9 aromatic carbocycles. The first-order chi connectivity index (χ1) is 37.7. The molecule has 0 aliphatic heterocycles. The maximum absolute atomic E-state index is 5.79. The maximum Gasteiger partial charge on any atom is 0.240 e. The van der Waals surface area contributed by atoms with Gasteiger partial charge in [0.1, 0.15) is 0 Å². The van der Waals surface area contributed by atoms with E-state index >= 15 is 0 Å². The molecule has 6 heteroatoms. The molecule has 0 aliphatic rings. The SMILES string of the molecule is CC(C)(C)c1cc(C(C)(C)C)c2c(c1)c1ccccc1n2-c1nc(-c2cccc(S(c3ccccc3)(c3ccccc3)c3cccc(-c4ccccc4)c3)c2)nc(-n2c3ccccc3c3cc(C(C)(C)C)cc(C(C)(C)C)c32)n1. The highest BCUT2D eigenvalue weighted by Crippen LogP contribution is 2.74. The number of nitrogens with zero attached hydrogens (tertiary/aromatic N) is 5. The fourth-order valence-electron chi connectivity index (χ4n) is 11.7. The zero-order valence-corrected chi connectivity index (χ0v) is 48.7. The zero-order valence-electron chi connectivity index (χ0n) is 47.9. The Morgan fingerprint density at radius 3 is 1.10 bits per heavy atom. The Morgan fingerprint density at radius 1 is 0.304 bits per heavy atom. The number of rotatable bonds is 8. The first kappa shape index (κ1) is 51.7. The molecule has 12 aromatic rings. The Bertz CT molecular complexity index is 4060. The summed E-state index contributed by atoms with van der Waals surface area (Å²) >= 11 is 0. The molecule has 0 radical (unpaired) electrons. The van der Waals surface area contributed by atoms with Crippen LogP contribution in [0.5, 0.6) is 0 Å². The van der Waals surface area contributed by atoms with Crippen molar-refractivity contribution < 1.29 is 0 Å². The summed E-state index contributed by atoms with van der Waals surface area (Å²) < 4.78 is 4.68. The molecule has 0 amide bonds. The molecule has 0 fully saturated rings. The number of hydrogen-bond acceptors (Lipinski definition) is 3. The van der Waals surface area contributed by atoms with Crippen molar-refractivity contribution in [3.63, 3.8) is 0 Å². The lowest BCUT2D eigenvalue weighted by molar-refractivity contribution is 0.571. The molecule has 0 atom stereocenters. The molecule has 0 spiro atoms. The fourth-order valence-corrected chi connectivity index (χ4v) is 15.6. The third kappa shape index (κ3) is 8.95. The van der Waals surface area contributed by atoms with Gasteiger partial charge in [0.05, 0.1) is 22.1 Å².